The maximum absolute atomic E-state index is 6.67. The Morgan fingerprint density at radius 1 is 0.414 bits per heavy atom. The van der Waals surface area contributed by atoms with Gasteiger partial charge in [0.2, 0.25) is 0 Å². The van der Waals surface area contributed by atoms with Crippen molar-refractivity contribution in [3.05, 3.63) is 200 Å². The molecule has 10 aromatic rings. The van der Waals surface area contributed by atoms with Crippen LogP contribution in [-0.4, -0.2) is 0 Å². The van der Waals surface area contributed by atoms with Crippen LogP contribution in [0.25, 0.3) is 76.9 Å². The van der Waals surface area contributed by atoms with Gasteiger partial charge in [-0.3, -0.25) is 0 Å². The molecule has 9 aromatic carbocycles. The summed E-state index contributed by atoms with van der Waals surface area (Å²) in [5, 5.41) is 7.45. The summed E-state index contributed by atoms with van der Waals surface area (Å²) in [5.41, 5.74) is 13.7. The zero-order chi connectivity index (χ0) is 38.4. The molecule has 1 saturated carbocycles. The molecule has 1 aromatic heterocycles. The van der Waals surface area contributed by atoms with Crippen LogP contribution in [-0.2, 0) is 0 Å². The summed E-state index contributed by atoms with van der Waals surface area (Å²) >= 11 is 0. The van der Waals surface area contributed by atoms with Gasteiger partial charge in [0, 0.05) is 33.2 Å². The second kappa shape index (κ2) is 14.6. The first kappa shape index (κ1) is 34.4. The third-order valence-electron chi connectivity index (χ3n) is 12.5. The minimum Gasteiger partial charge on any atom is -0.455 e. The van der Waals surface area contributed by atoms with Gasteiger partial charge >= 0.3 is 0 Å². The lowest BCUT2D eigenvalue weighted by molar-refractivity contribution is 0.445. The molecule has 0 spiro atoms. The summed E-state index contributed by atoms with van der Waals surface area (Å²) < 4.78 is 6.67. The van der Waals surface area contributed by atoms with Gasteiger partial charge in [-0.15, -0.1) is 0 Å². The molecule has 1 fully saturated rings. The van der Waals surface area contributed by atoms with E-state index in [1.807, 2.05) is 6.07 Å². The molecule has 1 aliphatic rings. The van der Waals surface area contributed by atoms with Crippen molar-refractivity contribution in [2.45, 2.75) is 38.0 Å². The van der Waals surface area contributed by atoms with E-state index in [1.165, 1.54) is 81.5 Å². The quantitative estimate of drug-likeness (QED) is 0.162. The Balaban J connectivity index is 1.13. The van der Waals surface area contributed by atoms with E-state index in [0.29, 0.717) is 5.92 Å². The van der Waals surface area contributed by atoms with E-state index in [2.05, 4.69) is 193 Å². The predicted molar refractivity (Wildman–Crippen MR) is 246 cm³/mol. The molecule has 0 amide bonds. The van der Waals surface area contributed by atoms with Crippen LogP contribution >= 0.6 is 0 Å². The van der Waals surface area contributed by atoms with Gasteiger partial charge in [0.25, 0.3) is 0 Å². The average molecular weight is 746 g/mol. The van der Waals surface area contributed by atoms with Gasteiger partial charge < -0.3 is 9.32 Å². The zero-order valence-corrected chi connectivity index (χ0v) is 32.4. The molecule has 0 aliphatic heterocycles. The Morgan fingerprint density at radius 2 is 1.00 bits per heavy atom. The highest BCUT2D eigenvalue weighted by atomic mass is 16.3. The number of rotatable bonds is 7. The Kier molecular flexibility index (Phi) is 8.62. The maximum atomic E-state index is 6.67. The second-order valence-corrected chi connectivity index (χ2v) is 15.8. The highest BCUT2D eigenvalue weighted by molar-refractivity contribution is 6.11. The fraction of sp³-hybridized carbons (Fsp3) is 0.107. The van der Waals surface area contributed by atoms with Gasteiger partial charge in [0.1, 0.15) is 11.2 Å². The van der Waals surface area contributed by atoms with Gasteiger partial charge in [-0.1, -0.05) is 177 Å². The Hall–Kier alpha value is -6.90. The number of para-hydroxylation sites is 4. The van der Waals surface area contributed by atoms with Crippen molar-refractivity contribution in [3.8, 4) is 33.4 Å². The number of nitrogens with zero attached hydrogens (tertiary/aromatic N) is 1. The zero-order valence-electron chi connectivity index (χ0n) is 32.4. The summed E-state index contributed by atoms with van der Waals surface area (Å²) in [6.07, 6.45) is 6.46. The van der Waals surface area contributed by atoms with Crippen LogP contribution in [0, 0.1) is 0 Å². The lowest BCUT2D eigenvalue weighted by Gasteiger charge is -2.31. The van der Waals surface area contributed by atoms with E-state index in [1.54, 1.807) is 0 Å². The molecular weight excluding hydrogens is 703 g/mol. The normalized spacial score (nSPS) is 13.4. The SMILES string of the molecule is c1ccc(N(c2ccc(-c3ccc4ccccc4c3)cc2)c2ccccc2-c2cccc3cccc(C4CCCCC4)c23)c(-c2cccc3c2oc2ccccc23)c1. The molecular formula is C56H43NO. The summed E-state index contributed by atoms with van der Waals surface area (Å²) in [5.74, 6) is 0.578. The van der Waals surface area contributed by atoms with E-state index in [-0.39, 0.29) is 0 Å². The van der Waals surface area contributed by atoms with E-state index in [0.717, 1.165) is 50.1 Å². The minimum atomic E-state index is 0.578. The smallest absolute Gasteiger partial charge is 0.143 e. The highest BCUT2D eigenvalue weighted by Gasteiger charge is 2.25. The minimum absolute atomic E-state index is 0.578. The van der Waals surface area contributed by atoms with Gasteiger partial charge in [-0.2, -0.15) is 0 Å². The van der Waals surface area contributed by atoms with E-state index >= 15 is 0 Å². The number of furan rings is 1. The topological polar surface area (TPSA) is 16.4 Å². The largest absolute Gasteiger partial charge is 0.455 e. The van der Waals surface area contributed by atoms with Gasteiger partial charge in [-0.25, -0.2) is 0 Å². The lowest BCUT2D eigenvalue weighted by Crippen LogP contribution is -2.12. The standard InChI is InChI=1S/C56H43NO/c1-2-16-40(17-3-1)45-24-12-19-41-20-13-25-49(55(41)45)46-21-6-9-28-52(46)57(44-35-33-39(34-36-44)43-32-31-38-15-4-5-18-42(38)37-43)53-29-10-7-22-47(53)50-26-14-27-51-48-23-8-11-30-54(48)58-56(50)51/h4-15,18-37,40H,1-3,16-17H2. The summed E-state index contributed by atoms with van der Waals surface area (Å²) in [6.45, 7) is 0. The molecule has 2 heteroatoms. The summed E-state index contributed by atoms with van der Waals surface area (Å²) in [4.78, 5) is 2.47. The lowest BCUT2D eigenvalue weighted by atomic mass is 9.80. The average Bonchev–Trinajstić information content (AvgIpc) is 3.69. The van der Waals surface area contributed by atoms with Gasteiger partial charge in [-0.05, 0) is 99.0 Å². The van der Waals surface area contributed by atoms with Crippen molar-refractivity contribution in [1.29, 1.82) is 0 Å². The van der Waals surface area contributed by atoms with E-state index in [9.17, 15) is 0 Å². The first-order valence-electron chi connectivity index (χ1n) is 20.8. The highest BCUT2D eigenvalue weighted by Crippen LogP contribution is 2.49. The first-order chi connectivity index (χ1) is 28.8. The van der Waals surface area contributed by atoms with Crippen molar-refractivity contribution < 1.29 is 4.42 Å². The summed E-state index contributed by atoms with van der Waals surface area (Å²) in [6, 6.07) is 71.0. The van der Waals surface area contributed by atoms with Crippen molar-refractivity contribution in [2.75, 3.05) is 4.90 Å². The molecule has 0 saturated heterocycles. The number of hydrogen-bond acceptors (Lipinski definition) is 2. The van der Waals surface area contributed by atoms with Crippen LogP contribution in [0.3, 0.4) is 0 Å². The van der Waals surface area contributed by atoms with Crippen molar-refractivity contribution >= 4 is 60.5 Å². The number of hydrogen-bond donors (Lipinski definition) is 0. The molecule has 1 heterocycles. The third kappa shape index (κ3) is 5.96. The number of fused-ring (bicyclic) bond motifs is 5. The first-order valence-corrected chi connectivity index (χ1v) is 20.8. The van der Waals surface area contributed by atoms with Crippen LogP contribution in [0.15, 0.2) is 199 Å². The van der Waals surface area contributed by atoms with Crippen molar-refractivity contribution in [2.24, 2.45) is 0 Å². The monoisotopic (exact) mass is 745 g/mol. The molecule has 0 radical (unpaired) electrons. The molecule has 278 valence electrons. The summed E-state index contributed by atoms with van der Waals surface area (Å²) in [7, 11) is 0. The second-order valence-electron chi connectivity index (χ2n) is 15.8. The molecule has 0 N–H and O–H groups in total. The van der Waals surface area contributed by atoms with Crippen LogP contribution in [0.4, 0.5) is 17.1 Å². The van der Waals surface area contributed by atoms with Gasteiger partial charge in [0.15, 0.2) is 0 Å². The molecule has 2 nitrogen and oxygen atoms in total. The van der Waals surface area contributed by atoms with E-state index < -0.39 is 0 Å². The molecule has 0 bridgehead atoms. The van der Waals surface area contributed by atoms with Crippen LogP contribution < -0.4 is 4.90 Å². The van der Waals surface area contributed by atoms with E-state index in [4.69, 9.17) is 4.42 Å². The molecule has 1 aliphatic carbocycles. The maximum Gasteiger partial charge on any atom is 0.143 e. The predicted octanol–water partition coefficient (Wildman–Crippen LogP) is 16.4. The van der Waals surface area contributed by atoms with Crippen molar-refractivity contribution in [3.63, 3.8) is 0 Å². The molecule has 0 unspecified atom stereocenters. The molecule has 0 atom stereocenters. The fourth-order valence-electron chi connectivity index (χ4n) is 9.68. The van der Waals surface area contributed by atoms with Crippen LogP contribution in [0.1, 0.15) is 43.6 Å². The molecule has 11 rings (SSSR count). The Labute approximate surface area is 339 Å². The van der Waals surface area contributed by atoms with Crippen LogP contribution in [0.5, 0.6) is 0 Å². The van der Waals surface area contributed by atoms with Crippen LogP contribution in [0.2, 0.25) is 0 Å². The van der Waals surface area contributed by atoms with Crippen molar-refractivity contribution in [1.82, 2.24) is 0 Å². The Morgan fingerprint density at radius 3 is 1.81 bits per heavy atom. The number of anilines is 3. The molecule has 58 heavy (non-hydrogen) atoms. The number of benzene rings is 9. The third-order valence-corrected chi connectivity index (χ3v) is 12.5. The fourth-order valence-corrected chi connectivity index (χ4v) is 9.68. The Bertz CT molecular complexity index is 3100. The van der Waals surface area contributed by atoms with Gasteiger partial charge in [0.05, 0.1) is 11.4 Å².